The Kier molecular flexibility index (Phi) is 8.15. The summed E-state index contributed by atoms with van der Waals surface area (Å²) in [4.78, 5) is 8.76. The van der Waals surface area contributed by atoms with Crippen LogP contribution in [0.5, 0.6) is 0 Å². The second-order valence-electron chi connectivity index (χ2n) is 8.49. The predicted molar refractivity (Wildman–Crippen MR) is 122 cm³/mol. The van der Waals surface area contributed by atoms with Crippen molar-refractivity contribution in [2.75, 3.05) is 34.2 Å². The molecule has 0 aromatic heterocycles. The van der Waals surface area contributed by atoms with Crippen molar-refractivity contribution >= 4 is 5.96 Å². The second-order valence-corrected chi connectivity index (χ2v) is 8.49. The normalized spacial score (nSPS) is 17.7. The molecule has 1 fully saturated rings. The molecule has 1 aliphatic heterocycles. The van der Waals surface area contributed by atoms with Gasteiger partial charge in [-0.25, -0.2) is 0 Å². The molecular weight excluding hydrogens is 415 g/mol. The number of hydrogen-bond donors (Lipinski definition) is 2. The third-order valence-corrected chi connectivity index (χ3v) is 5.58. The van der Waals surface area contributed by atoms with Gasteiger partial charge in [0.1, 0.15) is 0 Å². The van der Waals surface area contributed by atoms with E-state index >= 15 is 0 Å². The van der Waals surface area contributed by atoms with E-state index in [1.54, 1.807) is 19.2 Å². The van der Waals surface area contributed by atoms with Gasteiger partial charge < -0.3 is 15.5 Å². The second kappa shape index (κ2) is 10.8. The summed E-state index contributed by atoms with van der Waals surface area (Å²) in [6.07, 6.45) is -3.34. The smallest absolute Gasteiger partial charge is 0.352 e. The van der Waals surface area contributed by atoms with E-state index in [2.05, 4.69) is 57.7 Å². The minimum absolute atomic E-state index is 0.243. The molecular formula is C24H32F3N5. The van der Waals surface area contributed by atoms with Gasteiger partial charge in [0.25, 0.3) is 0 Å². The number of nitrogens with zero attached hydrogens (tertiary/aromatic N) is 3. The van der Waals surface area contributed by atoms with Gasteiger partial charge in [-0.3, -0.25) is 9.89 Å². The lowest BCUT2D eigenvalue weighted by Gasteiger charge is -2.20. The van der Waals surface area contributed by atoms with Crippen molar-refractivity contribution < 1.29 is 13.2 Å². The van der Waals surface area contributed by atoms with Gasteiger partial charge in [-0.2, -0.15) is 13.2 Å². The summed E-state index contributed by atoms with van der Waals surface area (Å²) >= 11 is 0. The Morgan fingerprint density at radius 2 is 1.78 bits per heavy atom. The SMILES string of the molecule is CN=C(NCc1ccccc1CN(C)C)NC1CCN(Cc2ccc(C(F)(F)F)cc2)C1. The maximum Gasteiger partial charge on any atom is 0.416 e. The number of hydrogen-bond acceptors (Lipinski definition) is 3. The Morgan fingerprint density at radius 3 is 2.41 bits per heavy atom. The highest BCUT2D eigenvalue weighted by molar-refractivity contribution is 5.80. The zero-order chi connectivity index (χ0) is 23.1. The number of likely N-dealkylation sites (tertiary alicyclic amines) is 1. The first kappa shape index (κ1) is 24.1. The molecule has 2 N–H and O–H groups in total. The largest absolute Gasteiger partial charge is 0.416 e. The summed E-state index contributed by atoms with van der Waals surface area (Å²) in [5.74, 6) is 0.756. The van der Waals surface area contributed by atoms with Gasteiger partial charge in [0.2, 0.25) is 0 Å². The monoisotopic (exact) mass is 447 g/mol. The number of alkyl halides is 3. The number of benzene rings is 2. The maximum absolute atomic E-state index is 12.7. The minimum Gasteiger partial charge on any atom is -0.352 e. The Bertz CT molecular complexity index is 893. The molecule has 32 heavy (non-hydrogen) atoms. The molecule has 1 saturated heterocycles. The first-order chi connectivity index (χ1) is 15.2. The van der Waals surface area contributed by atoms with Crippen LogP contribution >= 0.6 is 0 Å². The van der Waals surface area contributed by atoms with Gasteiger partial charge in [0, 0.05) is 45.8 Å². The molecule has 3 rings (SSSR count). The minimum atomic E-state index is -4.29. The first-order valence-electron chi connectivity index (χ1n) is 10.8. The lowest BCUT2D eigenvalue weighted by atomic mass is 10.1. The standard InChI is InChI=1S/C24H32F3N5/c1-28-23(29-14-19-6-4-5-7-20(19)16-31(2)3)30-22-12-13-32(17-22)15-18-8-10-21(11-9-18)24(25,26)27/h4-11,22H,12-17H2,1-3H3,(H2,28,29,30). The molecule has 1 heterocycles. The number of halogens is 3. The van der Waals surface area contributed by atoms with Crippen molar-refractivity contribution in [3.63, 3.8) is 0 Å². The van der Waals surface area contributed by atoms with Crippen LogP contribution in [0.1, 0.15) is 28.7 Å². The van der Waals surface area contributed by atoms with Crippen molar-refractivity contribution in [1.29, 1.82) is 0 Å². The van der Waals surface area contributed by atoms with Crippen molar-refractivity contribution in [1.82, 2.24) is 20.4 Å². The van der Waals surface area contributed by atoms with Crippen LogP contribution in [0.4, 0.5) is 13.2 Å². The van der Waals surface area contributed by atoms with E-state index in [9.17, 15) is 13.2 Å². The van der Waals surface area contributed by atoms with Crippen LogP contribution in [0.25, 0.3) is 0 Å². The molecule has 174 valence electrons. The summed E-state index contributed by atoms with van der Waals surface area (Å²) in [5.41, 5.74) is 2.80. The Balaban J connectivity index is 1.49. The summed E-state index contributed by atoms with van der Waals surface area (Å²) in [6, 6.07) is 14.0. The molecule has 0 amide bonds. The predicted octanol–water partition coefficient (Wildman–Crippen LogP) is 3.71. The van der Waals surface area contributed by atoms with Gasteiger partial charge in [-0.05, 0) is 49.3 Å². The molecule has 0 aliphatic carbocycles. The highest BCUT2D eigenvalue weighted by atomic mass is 19.4. The fourth-order valence-electron chi connectivity index (χ4n) is 3.94. The molecule has 2 aromatic rings. The van der Waals surface area contributed by atoms with Crippen molar-refractivity contribution in [3.05, 3.63) is 70.8 Å². The van der Waals surface area contributed by atoms with E-state index in [0.717, 1.165) is 49.7 Å². The van der Waals surface area contributed by atoms with E-state index in [0.29, 0.717) is 13.1 Å². The zero-order valence-electron chi connectivity index (χ0n) is 18.9. The van der Waals surface area contributed by atoms with E-state index in [-0.39, 0.29) is 6.04 Å². The Morgan fingerprint density at radius 1 is 1.09 bits per heavy atom. The van der Waals surface area contributed by atoms with Gasteiger partial charge in [0.15, 0.2) is 5.96 Å². The molecule has 0 radical (unpaired) electrons. The van der Waals surface area contributed by atoms with Crippen LogP contribution in [-0.2, 0) is 25.8 Å². The van der Waals surface area contributed by atoms with Crippen LogP contribution < -0.4 is 10.6 Å². The molecule has 1 aliphatic rings. The van der Waals surface area contributed by atoms with Crippen LogP contribution in [-0.4, -0.2) is 56.0 Å². The Labute approximate surface area is 188 Å². The van der Waals surface area contributed by atoms with Crippen molar-refractivity contribution in [2.45, 2.75) is 38.3 Å². The van der Waals surface area contributed by atoms with Gasteiger partial charge in [-0.15, -0.1) is 0 Å². The average Bonchev–Trinajstić information content (AvgIpc) is 3.18. The molecule has 8 heteroatoms. The molecule has 1 atom stereocenters. The third kappa shape index (κ3) is 6.97. The zero-order valence-corrected chi connectivity index (χ0v) is 18.9. The Hall–Kier alpha value is -2.58. The number of rotatable bonds is 7. The van der Waals surface area contributed by atoms with Crippen LogP contribution in [0.2, 0.25) is 0 Å². The number of aliphatic imine (C=N–C) groups is 1. The third-order valence-electron chi connectivity index (χ3n) is 5.58. The lowest BCUT2D eigenvalue weighted by molar-refractivity contribution is -0.137. The number of nitrogens with one attached hydrogen (secondary N) is 2. The van der Waals surface area contributed by atoms with Crippen LogP contribution in [0.15, 0.2) is 53.5 Å². The summed E-state index contributed by atoms with van der Waals surface area (Å²) in [7, 11) is 5.87. The summed E-state index contributed by atoms with van der Waals surface area (Å²) < 4.78 is 38.2. The number of guanidine groups is 1. The summed E-state index contributed by atoms with van der Waals surface area (Å²) in [5, 5.41) is 6.89. The highest BCUT2D eigenvalue weighted by Crippen LogP contribution is 2.29. The van der Waals surface area contributed by atoms with Gasteiger partial charge in [-0.1, -0.05) is 36.4 Å². The van der Waals surface area contributed by atoms with Crippen LogP contribution in [0.3, 0.4) is 0 Å². The van der Waals surface area contributed by atoms with E-state index < -0.39 is 11.7 Å². The molecule has 5 nitrogen and oxygen atoms in total. The van der Waals surface area contributed by atoms with E-state index in [1.807, 2.05) is 6.07 Å². The fraction of sp³-hybridized carbons (Fsp3) is 0.458. The molecule has 2 aromatic carbocycles. The van der Waals surface area contributed by atoms with Crippen LogP contribution in [0, 0.1) is 0 Å². The molecule has 0 spiro atoms. The summed E-state index contributed by atoms with van der Waals surface area (Å²) in [6.45, 7) is 3.91. The highest BCUT2D eigenvalue weighted by Gasteiger charge is 2.30. The van der Waals surface area contributed by atoms with Crippen molar-refractivity contribution in [3.8, 4) is 0 Å². The quantitative estimate of drug-likeness (QED) is 0.502. The molecule has 1 unspecified atom stereocenters. The lowest BCUT2D eigenvalue weighted by Crippen LogP contribution is -2.44. The topological polar surface area (TPSA) is 42.9 Å². The van der Waals surface area contributed by atoms with Gasteiger partial charge >= 0.3 is 6.18 Å². The van der Waals surface area contributed by atoms with Gasteiger partial charge in [0.05, 0.1) is 5.56 Å². The van der Waals surface area contributed by atoms with E-state index in [4.69, 9.17) is 0 Å². The molecule has 0 saturated carbocycles. The maximum atomic E-state index is 12.7. The first-order valence-corrected chi connectivity index (χ1v) is 10.8. The molecule has 0 bridgehead atoms. The van der Waals surface area contributed by atoms with E-state index in [1.165, 1.54) is 11.1 Å². The fourth-order valence-corrected chi connectivity index (χ4v) is 3.94. The van der Waals surface area contributed by atoms with Crippen molar-refractivity contribution in [2.24, 2.45) is 4.99 Å². The average molecular weight is 448 g/mol.